The molecule has 1 saturated heterocycles. The molecule has 0 bridgehead atoms. The lowest BCUT2D eigenvalue weighted by Crippen LogP contribution is -2.59. The van der Waals surface area contributed by atoms with Crippen molar-refractivity contribution in [3.63, 3.8) is 0 Å². The molecule has 1 aliphatic carbocycles. The van der Waals surface area contributed by atoms with E-state index >= 15 is 0 Å². The number of pyridine rings is 1. The Kier molecular flexibility index (Phi) is 6.14. The maximum atomic E-state index is 13.2. The van der Waals surface area contributed by atoms with Gasteiger partial charge < -0.3 is 4.90 Å². The van der Waals surface area contributed by atoms with E-state index in [-0.39, 0.29) is 24.0 Å². The topological polar surface area (TPSA) is 39.7 Å². The summed E-state index contributed by atoms with van der Waals surface area (Å²) in [5.74, 6) is 0.184. The van der Waals surface area contributed by atoms with Crippen LogP contribution in [0.2, 0.25) is 5.02 Å². The number of hydrogen-bond acceptors (Lipinski definition) is 4. The lowest BCUT2D eigenvalue weighted by atomic mass is 9.95. The van der Waals surface area contributed by atoms with E-state index in [9.17, 15) is 4.79 Å². The molecule has 2 aromatic rings. The number of hydrogen-bond donors (Lipinski definition) is 0. The van der Waals surface area contributed by atoms with Crippen molar-refractivity contribution in [3.8, 4) is 0 Å². The predicted molar refractivity (Wildman–Crippen MR) is 121 cm³/mol. The summed E-state index contributed by atoms with van der Waals surface area (Å²) in [6.07, 6.45) is 3.80. The van der Waals surface area contributed by atoms with E-state index in [2.05, 4.69) is 48.9 Å². The predicted octanol–water partition coefficient (Wildman–Crippen LogP) is 3.41. The van der Waals surface area contributed by atoms with Crippen molar-refractivity contribution < 1.29 is 4.79 Å². The first-order chi connectivity index (χ1) is 14.4. The molecule has 1 aliphatic heterocycles. The van der Waals surface area contributed by atoms with Gasteiger partial charge in [0.25, 0.3) is 0 Å². The molecule has 2 atom stereocenters. The molecule has 1 aromatic heterocycles. The van der Waals surface area contributed by atoms with E-state index in [1.807, 2.05) is 30.3 Å². The van der Waals surface area contributed by atoms with Crippen LogP contribution in [0.3, 0.4) is 0 Å². The summed E-state index contributed by atoms with van der Waals surface area (Å²) in [6.45, 7) is 6.56. The third kappa shape index (κ3) is 3.98. The molecule has 1 amide bonds. The van der Waals surface area contributed by atoms with Gasteiger partial charge in [-0.05, 0) is 68.6 Å². The molecule has 160 valence electrons. The number of aromatic nitrogens is 1. The Morgan fingerprint density at radius 1 is 1.20 bits per heavy atom. The minimum Gasteiger partial charge on any atom is -0.342 e. The van der Waals surface area contributed by atoms with Gasteiger partial charge in [0.1, 0.15) is 6.04 Å². The Morgan fingerprint density at radius 3 is 2.73 bits per heavy atom. The molecule has 5 nitrogen and oxygen atoms in total. The van der Waals surface area contributed by atoms with E-state index in [0.29, 0.717) is 6.54 Å². The normalized spacial score (nSPS) is 22.3. The number of benzene rings is 1. The van der Waals surface area contributed by atoms with E-state index in [4.69, 9.17) is 16.6 Å². The number of rotatable bonds is 3. The number of carbonyl (C=O) groups is 1. The number of likely N-dealkylation sites (N-methyl/N-ethyl adjacent to an activating group) is 2. The zero-order chi connectivity index (χ0) is 21.4. The highest BCUT2D eigenvalue weighted by Crippen LogP contribution is 2.37. The number of carbonyl (C=O) groups excluding carboxylic acids is 1. The monoisotopic (exact) mass is 426 g/mol. The van der Waals surface area contributed by atoms with Gasteiger partial charge in [-0.25, -0.2) is 0 Å². The molecule has 0 saturated carbocycles. The van der Waals surface area contributed by atoms with Crippen LogP contribution in [-0.4, -0.2) is 71.4 Å². The highest BCUT2D eigenvalue weighted by molar-refractivity contribution is 6.30. The molecular formula is C24H31ClN4O. The fraction of sp³-hybridized carbons (Fsp3) is 0.500. The first-order valence-corrected chi connectivity index (χ1v) is 11.2. The van der Waals surface area contributed by atoms with Gasteiger partial charge >= 0.3 is 0 Å². The van der Waals surface area contributed by atoms with Gasteiger partial charge in [0, 0.05) is 43.9 Å². The van der Waals surface area contributed by atoms with Crippen molar-refractivity contribution in [1.29, 1.82) is 0 Å². The van der Waals surface area contributed by atoms with Crippen LogP contribution in [0.5, 0.6) is 0 Å². The average molecular weight is 427 g/mol. The SMILES string of the molecule is CC(C)N(C)C(=O)[C@H]1CN([C@H]2c3ccc(Cl)cc3CCc3cccnc32)CCN1C. The van der Waals surface area contributed by atoms with E-state index in [1.54, 1.807) is 0 Å². The first-order valence-electron chi connectivity index (χ1n) is 10.8. The number of aryl methyl sites for hydroxylation is 2. The molecule has 0 spiro atoms. The van der Waals surface area contributed by atoms with Crippen molar-refractivity contribution in [2.45, 2.75) is 44.8 Å². The van der Waals surface area contributed by atoms with Crippen LogP contribution in [0.4, 0.5) is 0 Å². The molecule has 1 fully saturated rings. The maximum Gasteiger partial charge on any atom is 0.241 e. The van der Waals surface area contributed by atoms with Crippen LogP contribution in [0.1, 0.15) is 42.3 Å². The molecule has 6 heteroatoms. The summed E-state index contributed by atoms with van der Waals surface area (Å²) in [7, 11) is 3.96. The van der Waals surface area contributed by atoms with Crippen molar-refractivity contribution in [2.75, 3.05) is 33.7 Å². The first kappa shape index (κ1) is 21.3. The van der Waals surface area contributed by atoms with Crippen LogP contribution >= 0.6 is 11.6 Å². The van der Waals surface area contributed by atoms with Crippen LogP contribution < -0.4 is 0 Å². The van der Waals surface area contributed by atoms with Crippen molar-refractivity contribution in [2.24, 2.45) is 0 Å². The lowest BCUT2D eigenvalue weighted by molar-refractivity contribution is -0.139. The van der Waals surface area contributed by atoms with Gasteiger partial charge in [0.2, 0.25) is 5.91 Å². The molecular weight excluding hydrogens is 396 g/mol. The molecule has 30 heavy (non-hydrogen) atoms. The van der Waals surface area contributed by atoms with Crippen LogP contribution in [0.25, 0.3) is 0 Å². The summed E-state index contributed by atoms with van der Waals surface area (Å²) in [5.41, 5.74) is 4.96. The standard InChI is InChI=1S/C24H31ClN4O/c1-16(2)28(4)24(30)21-15-29(13-12-27(21)3)23-20-10-9-19(25)14-18(20)8-7-17-6-5-11-26-22(17)23/h5-6,9-11,14,16,21,23H,7-8,12-13,15H2,1-4H3/t21-,23+/m1/s1. The van der Waals surface area contributed by atoms with E-state index < -0.39 is 0 Å². The van der Waals surface area contributed by atoms with Gasteiger partial charge in [-0.2, -0.15) is 0 Å². The zero-order valence-electron chi connectivity index (χ0n) is 18.3. The highest BCUT2D eigenvalue weighted by Gasteiger charge is 2.38. The molecule has 0 radical (unpaired) electrons. The Morgan fingerprint density at radius 2 is 1.97 bits per heavy atom. The summed E-state index contributed by atoms with van der Waals surface area (Å²) >= 11 is 6.34. The lowest BCUT2D eigenvalue weighted by Gasteiger charge is -2.44. The van der Waals surface area contributed by atoms with Gasteiger partial charge in [-0.1, -0.05) is 23.7 Å². The molecule has 0 unspecified atom stereocenters. The molecule has 1 aromatic carbocycles. The minimum absolute atomic E-state index is 0.0457. The van der Waals surface area contributed by atoms with E-state index in [0.717, 1.165) is 36.6 Å². The summed E-state index contributed by atoms with van der Waals surface area (Å²) in [5, 5.41) is 0.774. The summed E-state index contributed by atoms with van der Waals surface area (Å²) in [4.78, 5) is 24.5. The Labute approximate surface area is 184 Å². The quantitative estimate of drug-likeness (QED) is 0.754. The molecule has 2 heterocycles. The zero-order valence-corrected chi connectivity index (χ0v) is 19.1. The van der Waals surface area contributed by atoms with Crippen molar-refractivity contribution >= 4 is 17.5 Å². The molecule has 0 N–H and O–H groups in total. The fourth-order valence-corrected chi connectivity index (χ4v) is 4.83. The third-order valence-electron chi connectivity index (χ3n) is 6.70. The van der Waals surface area contributed by atoms with Crippen LogP contribution in [0, 0.1) is 0 Å². The Hall–Kier alpha value is -1.95. The smallest absolute Gasteiger partial charge is 0.241 e. The number of fused-ring (bicyclic) bond motifs is 2. The number of halogens is 1. The molecule has 2 aliphatic rings. The minimum atomic E-state index is -0.155. The number of piperazine rings is 1. The average Bonchev–Trinajstić information content (AvgIpc) is 2.89. The van der Waals surface area contributed by atoms with Gasteiger partial charge in [-0.3, -0.25) is 19.6 Å². The number of nitrogens with zero attached hydrogens (tertiary/aromatic N) is 4. The largest absolute Gasteiger partial charge is 0.342 e. The van der Waals surface area contributed by atoms with Gasteiger partial charge in [0.05, 0.1) is 11.7 Å². The van der Waals surface area contributed by atoms with Crippen LogP contribution in [-0.2, 0) is 17.6 Å². The second kappa shape index (κ2) is 8.66. The third-order valence-corrected chi connectivity index (χ3v) is 6.94. The molecule has 4 rings (SSSR count). The second-order valence-electron chi connectivity index (χ2n) is 8.83. The maximum absolute atomic E-state index is 13.2. The van der Waals surface area contributed by atoms with Gasteiger partial charge in [-0.15, -0.1) is 0 Å². The second-order valence-corrected chi connectivity index (χ2v) is 9.26. The van der Waals surface area contributed by atoms with Crippen LogP contribution in [0.15, 0.2) is 36.5 Å². The summed E-state index contributed by atoms with van der Waals surface area (Å²) < 4.78 is 0. The van der Waals surface area contributed by atoms with E-state index in [1.165, 1.54) is 16.7 Å². The fourth-order valence-electron chi connectivity index (χ4n) is 4.64. The Bertz CT molecular complexity index is 931. The van der Waals surface area contributed by atoms with Crippen molar-refractivity contribution in [1.82, 2.24) is 19.7 Å². The van der Waals surface area contributed by atoms with Crippen molar-refractivity contribution in [3.05, 3.63) is 63.9 Å². The Balaban J connectivity index is 1.73. The summed E-state index contributed by atoms with van der Waals surface area (Å²) in [6, 6.07) is 10.5. The van der Waals surface area contributed by atoms with Gasteiger partial charge in [0.15, 0.2) is 0 Å². The number of amides is 1. The highest BCUT2D eigenvalue weighted by atomic mass is 35.5.